The predicted molar refractivity (Wildman–Crippen MR) is 133 cm³/mol. The Kier molecular flexibility index (Phi) is 8.70. The van der Waals surface area contributed by atoms with E-state index >= 15 is 0 Å². The van der Waals surface area contributed by atoms with E-state index in [0.29, 0.717) is 18.9 Å². The Morgan fingerprint density at radius 1 is 1.16 bits per heavy atom. The molecule has 1 aromatic carbocycles. The van der Waals surface area contributed by atoms with Gasteiger partial charge in [0.05, 0.1) is 13.2 Å². The number of anilines is 2. The van der Waals surface area contributed by atoms with Crippen molar-refractivity contribution in [1.29, 1.82) is 0 Å². The number of guanidine groups is 1. The molecule has 1 atom stereocenters. The second-order valence-corrected chi connectivity index (χ2v) is 7.54. The largest absolute Gasteiger partial charge is 0.378 e. The molecule has 2 fully saturated rings. The van der Waals surface area contributed by atoms with Crippen molar-refractivity contribution in [2.45, 2.75) is 19.0 Å². The van der Waals surface area contributed by atoms with E-state index in [1.54, 1.807) is 19.3 Å². The van der Waals surface area contributed by atoms with Gasteiger partial charge in [0, 0.05) is 57.7 Å². The van der Waals surface area contributed by atoms with Crippen LogP contribution in [0.2, 0.25) is 0 Å². The maximum absolute atomic E-state index is 14.0. The van der Waals surface area contributed by atoms with Crippen LogP contribution in [0.1, 0.15) is 12.0 Å². The molecule has 2 N–H and O–H groups in total. The van der Waals surface area contributed by atoms with Crippen LogP contribution in [0.15, 0.2) is 47.6 Å². The average Bonchev–Trinajstić information content (AvgIpc) is 3.26. The second kappa shape index (κ2) is 11.5. The number of hydrogen-bond acceptors (Lipinski definition) is 5. The lowest BCUT2D eigenvalue weighted by molar-refractivity contribution is 0.122. The number of pyridine rings is 1. The van der Waals surface area contributed by atoms with E-state index < -0.39 is 0 Å². The first-order chi connectivity index (χ1) is 14.7. The van der Waals surface area contributed by atoms with Gasteiger partial charge in [0.2, 0.25) is 0 Å². The van der Waals surface area contributed by atoms with Crippen molar-refractivity contribution in [3.05, 3.63) is 54.0 Å². The fourth-order valence-electron chi connectivity index (χ4n) is 4.02. The van der Waals surface area contributed by atoms with Crippen molar-refractivity contribution in [2.75, 3.05) is 56.2 Å². The summed E-state index contributed by atoms with van der Waals surface area (Å²) in [5.41, 5.74) is 2.47. The first-order valence-corrected chi connectivity index (χ1v) is 10.5. The summed E-state index contributed by atoms with van der Waals surface area (Å²) in [5.74, 6) is 0.893. The minimum absolute atomic E-state index is 0. The number of ether oxygens (including phenoxy) is 1. The zero-order chi connectivity index (χ0) is 20.8. The van der Waals surface area contributed by atoms with E-state index in [1.807, 2.05) is 4.90 Å². The van der Waals surface area contributed by atoms with E-state index in [0.717, 1.165) is 45.2 Å². The molecule has 2 aromatic rings. The van der Waals surface area contributed by atoms with Crippen LogP contribution < -0.4 is 20.4 Å². The number of para-hydroxylation sites is 1. The number of halogens is 2. The Bertz CT molecular complexity index is 877. The monoisotopic (exact) mass is 540 g/mol. The zero-order valence-electron chi connectivity index (χ0n) is 17.8. The summed E-state index contributed by atoms with van der Waals surface area (Å²) in [7, 11) is 1.77. The topological polar surface area (TPSA) is 65.0 Å². The van der Waals surface area contributed by atoms with Gasteiger partial charge in [0.1, 0.15) is 0 Å². The molecule has 0 radical (unpaired) electrons. The summed E-state index contributed by atoms with van der Waals surface area (Å²) in [6, 6.07) is 11.7. The molecule has 1 aromatic heterocycles. The maximum atomic E-state index is 14.0. The summed E-state index contributed by atoms with van der Waals surface area (Å²) < 4.78 is 19.5. The summed E-state index contributed by atoms with van der Waals surface area (Å²) in [6.45, 7) is 5.48. The van der Waals surface area contributed by atoms with Crippen LogP contribution in [-0.4, -0.2) is 63.4 Å². The van der Waals surface area contributed by atoms with Gasteiger partial charge in [-0.3, -0.25) is 4.99 Å². The first kappa shape index (κ1) is 23.5. The van der Waals surface area contributed by atoms with Gasteiger partial charge < -0.3 is 25.2 Å². The van der Waals surface area contributed by atoms with Crippen LogP contribution in [-0.2, 0) is 11.3 Å². The minimum Gasteiger partial charge on any atom is -0.378 e. The second-order valence-electron chi connectivity index (χ2n) is 7.54. The quantitative estimate of drug-likeness (QED) is 0.346. The standard InChI is InChI=1S/C22H29FN6O.HI/c1-24-22(27-18-8-10-29(16-18)21-19(23)6-4-9-25-21)26-15-17-5-2-3-7-20(17)28-11-13-30-14-12-28;/h2-7,9,18H,8,10-16H2,1H3,(H2,24,26,27);1H. The molecule has 31 heavy (non-hydrogen) atoms. The van der Waals surface area contributed by atoms with Gasteiger partial charge in [-0.25, -0.2) is 9.37 Å². The van der Waals surface area contributed by atoms with E-state index in [4.69, 9.17) is 4.74 Å². The lowest BCUT2D eigenvalue weighted by atomic mass is 10.1. The molecule has 168 valence electrons. The van der Waals surface area contributed by atoms with Gasteiger partial charge in [-0.2, -0.15) is 0 Å². The first-order valence-electron chi connectivity index (χ1n) is 10.5. The van der Waals surface area contributed by atoms with Crippen LogP contribution >= 0.6 is 24.0 Å². The maximum Gasteiger partial charge on any atom is 0.191 e. The van der Waals surface area contributed by atoms with Crippen LogP contribution in [0.25, 0.3) is 0 Å². The van der Waals surface area contributed by atoms with Crippen molar-refractivity contribution in [3.8, 4) is 0 Å². The molecule has 9 heteroatoms. The summed E-state index contributed by atoms with van der Waals surface area (Å²) >= 11 is 0. The number of nitrogens with one attached hydrogen (secondary N) is 2. The molecule has 1 unspecified atom stereocenters. The van der Waals surface area contributed by atoms with E-state index in [2.05, 4.69) is 49.8 Å². The van der Waals surface area contributed by atoms with Crippen molar-refractivity contribution in [1.82, 2.24) is 15.6 Å². The normalized spacial score (nSPS) is 19.2. The average molecular weight is 540 g/mol. The minimum atomic E-state index is -0.277. The molecule has 0 bridgehead atoms. The molecule has 0 amide bonds. The van der Waals surface area contributed by atoms with Crippen molar-refractivity contribution in [3.63, 3.8) is 0 Å². The Morgan fingerprint density at radius 2 is 1.97 bits per heavy atom. The number of hydrogen-bond donors (Lipinski definition) is 2. The van der Waals surface area contributed by atoms with Gasteiger partial charge in [0.15, 0.2) is 17.6 Å². The Labute approximate surface area is 200 Å². The van der Waals surface area contributed by atoms with Crippen molar-refractivity contribution in [2.24, 2.45) is 4.99 Å². The molecule has 3 heterocycles. The van der Waals surface area contributed by atoms with Gasteiger partial charge in [-0.05, 0) is 30.2 Å². The highest BCUT2D eigenvalue weighted by Gasteiger charge is 2.26. The van der Waals surface area contributed by atoms with Gasteiger partial charge >= 0.3 is 0 Å². The van der Waals surface area contributed by atoms with Crippen LogP contribution in [0.5, 0.6) is 0 Å². The summed E-state index contributed by atoms with van der Waals surface area (Å²) in [5, 5.41) is 6.90. The van der Waals surface area contributed by atoms with Crippen LogP contribution in [0.3, 0.4) is 0 Å². The fourth-order valence-corrected chi connectivity index (χ4v) is 4.02. The third-order valence-corrected chi connectivity index (χ3v) is 5.58. The Hall–Kier alpha value is -2.14. The highest BCUT2D eigenvalue weighted by Crippen LogP contribution is 2.22. The molecule has 2 aliphatic heterocycles. The molecule has 7 nitrogen and oxygen atoms in total. The van der Waals surface area contributed by atoms with Crippen molar-refractivity contribution >= 4 is 41.4 Å². The number of aromatic nitrogens is 1. The van der Waals surface area contributed by atoms with E-state index in [9.17, 15) is 4.39 Å². The number of aliphatic imine (C=N–C) groups is 1. The number of benzene rings is 1. The highest BCUT2D eigenvalue weighted by atomic mass is 127. The van der Waals surface area contributed by atoms with Crippen LogP contribution in [0, 0.1) is 5.82 Å². The molecule has 0 aliphatic carbocycles. The predicted octanol–water partition coefficient (Wildman–Crippen LogP) is 2.62. The van der Waals surface area contributed by atoms with Gasteiger partial charge in [-0.15, -0.1) is 24.0 Å². The molecule has 2 saturated heterocycles. The molecule has 0 saturated carbocycles. The SMILES string of the molecule is CN=C(NCc1ccccc1N1CCOCC1)NC1CCN(c2ncccc2F)C1.I. The number of rotatable bonds is 5. The highest BCUT2D eigenvalue weighted by molar-refractivity contribution is 14.0. The lowest BCUT2D eigenvalue weighted by Gasteiger charge is -2.30. The third-order valence-electron chi connectivity index (χ3n) is 5.58. The molecule has 0 spiro atoms. The van der Waals surface area contributed by atoms with Gasteiger partial charge in [0.25, 0.3) is 0 Å². The molecular weight excluding hydrogens is 510 g/mol. The molecule has 4 rings (SSSR count). The fraction of sp³-hybridized carbons (Fsp3) is 0.455. The summed E-state index contributed by atoms with van der Waals surface area (Å²) in [6.07, 6.45) is 2.53. The van der Waals surface area contributed by atoms with Crippen LogP contribution in [0.4, 0.5) is 15.9 Å². The number of nitrogens with zero attached hydrogens (tertiary/aromatic N) is 4. The van der Waals surface area contributed by atoms with Crippen molar-refractivity contribution < 1.29 is 9.13 Å². The smallest absolute Gasteiger partial charge is 0.191 e. The lowest BCUT2D eigenvalue weighted by Crippen LogP contribution is -2.44. The summed E-state index contributed by atoms with van der Waals surface area (Å²) in [4.78, 5) is 12.9. The van der Waals surface area contributed by atoms with Gasteiger partial charge in [-0.1, -0.05) is 18.2 Å². The molecule has 2 aliphatic rings. The number of morpholine rings is 1. The Balaban J connectivity index is 0.00000272. The Morgan fingerprint density at radius 3 is 2.74 bits per heavy atom. The zero-order valence-corrected chi connectivity index (χ0v) is 20.1. The van der Waals surface area contributed by atoms with E-state index in [-0.39, 0.29) is 35.8 Å². The molecular formula is C22H30FIN6O. The third kappa shape index (κ3) is 5.97. The van der Waals surface area contributed by atoms with E-state index in [1.165, 1.54) is 17.3 Å².